The average molecular weight is 616 g/mol. The van der Waals surface area contributed by atoms with E-state index in [0.717, 1.165) is 10.2 Å². The fraction of sp³-hybridized carbons (Fsp3) is 0.265. The van der Waals surface area contributed by atoms with Crippen molar-refractivity contribution in [3.8, 4) is 17.0 Å². The van der Waals surface area contributed by atoms with Crippen LogP contribution in [0.15, 0.2) is 83.7 Å². The Hall–Kier alpha value is -4.76. The Morgan fingerprint density at radius 2 is 1.64 bits per heavy atom. The van der Waals surface area contributed by atoms with Gasteiger partial charge in [-0.05, 0) is 74.4 Å². The van der Waals surface area contributed by atoms with Crippen molar-refractivity contribution in [2.75, 3.05) is 12.4 Å². The zero-order valence-corrected chi connectivity index (χ0v) is 26.0. The third kappa shape index (κ3) is 7.79. The number of hydrogen-bond donors (Lipinski definition) is 1. The minimum atomic E-state index is -1.07. The number of halogens is 1. The summed E-state index contributed by atoms with van der Waals surface area (Å²) in [4.78, 5) is 52.5. The second-order valence-corrected chi connectivity index (χ2v) is 11.5. The molecule has 0 aliphatic rings. The molecule has 1 heterocycles. The predicted molar refractivity (Wildman–Crippen MR) is 170 cm³/mol. The highest BCUT2D eigenvalue weighted by Gasteiger charge is 2.27. The van der Waals surface area contributed by atoms with E-state index in [4.69, 9.17) is 21.1 Å². The van der Waals surface area contributed by atoms with Gasteiger partial charge in [-0.25, -0.2) is 9.48 Å². The van der Waals surface area contributed by atoms with Gasteiger partial charge in [-0.3, -0.25) is 14.4 Å². The van der Waals surface area contributed by atoms with Crippen molar-refractivity contribution in [3.05, 3.63) is 111 Å². The van der Waals surface area contributed by atoms with Crippen LogP contribution in [0, 0.1) is 0 Å². The van der Waals surface area contributed by atoms with Gasteiger partial charge in [-0.2, -0.15) is 0 Å². The molecular formula is C34H34ClN3O6. The number of methoxy groups -OCH3 is 1. The van der Waals surface area contributed by atoms with Crippen LogP contribution >= 0.6 is 11.6 Å². The van der Waals surface area contributed by atoms with Crippen LogP contribution in [0.3, 0.4) is 0 Å². The highest BCUT2D eigenvalue weighted by Crippen LogP contribution is 2.33. The molecule has 9 nitrogen and oxygen atoms in total. The predicted octanol–water partition coefficient (Wildman–Crippen LogP) is 6.54. The molecule has 1 atom stereocenters. The van der Waals surface area contributed by atoms with Crippen molar-refractivity contribution in [1.29, 1.82) is 0 Å². The average Bonchev–Trinajstić information content (AvgIpc) is 2.99. The van der Waals surface area contributed by atoms with Gasteiger partial charge in [0.15, 0.2) is 5.78 Å². The zero-order valence-electron chi connectivity index (χ0n) is 25.2. The third-order valence-corrected chi connectivity index (χ3v) is 6.90. The van der Waals surface area contributed by atoms with Crippen LogP contribution in [0.4, 0.5) is 5.69 Å². The molecule has 0 bridgehead atoms. The number of carbonyl (C=O) groups excluding carboxylic acids is 3. The third-order valence-electron chi connectivity index (χ3n) is 6.67. The number of nitrogens with zero attached hydrogens (tertiary/aromatic N) is 2. The summed E-state index contributed by atoms with van der Waals surface area (Å²) in [5.41, 5.74) is 1.39. The number of rotatable bonds is 10. The molecular weight excluding hydrogens is 582 g/mol. The summed E-state index contributed by atoms with van der Waals surface area (Å²) < 4.78 is 12.1. The Morgan fingerprint density at radius 3 is 2.25 bits per heavy atom. The van der Waals surface area contributed by atoms with Crippen LogP contribution in [0.1, 0.15) is 66.4 Å². The standard InChI is InChI=1S/C34H34ClN3O6/c1-6-29(39)25-17-14-23(35)19-26(25)27-20-30(40)38(37-32(27)43-5)28(18-21-10-8-7-9-11-21)31(41)36-24-15-12-22(13-16-24)33(42)44-34(2,3)4/h7-17,19-20,28H,6,18H2,1-5H3,(H,36,41). The van der Waals surface area contributed by atoms with E-state index in [1.165, 1.54) is 13.2 Å². The molecule has 0 spiro atoms. The molecule has 4 rings (SSSR count). The van der Waals surface area contributed by atoms with Gasteiger partial charge >= 0.3 is 5.97 Å². The Bertz CT molecular complexity index is 1730. The summed E-state index contributed by atoms with van der Waals surface area (Å²) in [6.45, 7) is 7.08. The SMILES string of the molecule is CCC(=O)c1ccc(Cl)cc1-c1cc(=O)n(C(Cc2ccccc2)C(=O)Nc2ccc(C(=O)OC(C)(C)C)cc2)nc1OC. The van der Waals surface area contributed by atoms with Crippen LogP contribution in [-0.4, -0.2) is 40.2 Å². The van der Waals surface area contributed by atoms with Crippen molar-refractivity contribution >= 4 is 34.9 Å². The van der Waals surface area contributed by atoms with E-state index in [2.05, 4.69) is 10.4 Å². The quantitative estimate of drug-likeness (QED) is 0.159. The number of hydrogen-bond acceptors (Lipinski definition) is 7. The maximum Gasteiger partial charge on any atom is 0.338 e. The highest BCUT2D eigenvalue weighted by atomic mass is 35.5. The molecule has 10 heteroatoms. The summed E-state index contributed by atoms with van der Waals surface area (Å²) >= 11 is 6.26. The lowest BCUT2D eigenvalue weighted by Gasteiger charge is -2.21. The maximum absolute atomic E-state index is 13.8. The Morgan fingerprint density at radius 1 is 0.955 bits per heavy atom. The number of ketones is 1. The van der Waals surface area contributed by atoms with Crippen LogP contribution in [0.2, 0.25) is 5.02 Å². The number of Topliss-reactive ketones (excluding diaryl/α,β-unsaturated/α-hetero) is 1. The first-order valence-electron chi connectivity index (χ1n) is 14.1. The number of aromatic nitrogens is 2. The van der Waals surface area contributed by atoms with Gasteiger partial charge in [0.2, 0.25) is 11.8 Å². The van der Waals surface area contributed by atoms with Gasteiger partial charge in [-0.15, -0.1) is 5.10 Å². The molecule has 1 amide bonds. The Balaban J connectivity index is 1.73. The molecule has 4 aromatic rings. The lowest BCUT2D eigenvalue weighted by atomic mass is 9.97. The molecule has 0 aliphatic carbocycles. The van der Waals surface area contributed by atoms with Crippen LogP contribution in [0.25, 0.3) is 11.1 Å². The van der Waals surface area contributed by atoms with E-state index < -0.39 is 29.1 Å². The van der Waals surface area contributed by atoms with Crippen LogP contribution in [-0.2, 0) is 16.0 Å². The van der Waals surface area contributed by atoms with Gasteiger partial charge < -0.3 is 14.8 Å². The summed E-state index contributed by atoms with van der Waals surface area (Å²) in [6.07, 6.45) is 0.397. The number of esters is 1. The van der Waals surface area contributed by atoms with Gasteiger partial charge in [0, 0.05) is 35.2 Å². The summed E-state index contributed by atoms with van der Waals surface area (Å²) in [7, 11) is 1.39. The van der Waals surface area contributed by atoms with Crippen molar-refractivity contribution in [3.63, 3.8) is 0 Å². The molecule has 0 saturated heterocycles. The van der Waals surface area contributed by atoms with Gasteiger partial charge in [0.25, 0.3) is 5.56 Å². The van der Waals surface area contributed by atoms with Crippen molar-refractivity contribution in [1.82, 2.24) is 9.78 Å². The number of benzene rings is 3. The lowest BCUT2D eigenvalue weighted by Crippen LogP contribution is -2.36. The first-order valence-corrected chi connectivity index (χ1v) is 14.5. The second kappa shape index (κ2) is 13.7. The fourth-order valence-corrected chi connectivity index (χ4v) is 4.74. The first-order chi connectivity index (χ1) is 20.9. The van der Waals surface area contributed by atoms with E-state index in [1.807, 2.05) is 30.3 Å². The van der Waals surface area contributed by atoms with Crippen molar-refractivity contribution < 1.29 is 23.9 Å². The minimum Gasteiger partial charge on any atom is -0.480 e. The largest absolute Gasteiger partial charge is 0.480 e. The normalized spacial score (nSPS) is 11.9. The zero-order chi connectivity index (χ0) is 32.0. The summed E-state index contributed by atoms with van der Waals surface area (Å²) in [5.74, 6) is -1.08. The molecule has 0 fully saturated rings. The summed E-state index contributed by atoms with van der Waals surface area (Å²) in [5, 5.41) is 7.66. The Labute approximate surface area is 260 Å². The Kier molecular flexibility index (Phi) is 10.0. The van der Waals surface area contributed by atoms with E-state index in [-0.39, 0.29) is 30.1 Å². The number of carbonyl (C=O) groups is 3. The number of anilines is 1. The van der Waals surface area contributed by atoms with E-state index in [1.54, 1.807) is 70.2 Å². The van der Waals surface area contributed by atoms with E-state index in [9.17, 15) is 19.2 Å². The molecule has 1 N–H and O–H groups in total. The van der Waals surface area contributed by atoms with E-state index >= 15 is 0 Å². The fourth-order valence-electron chi connectivity index (χ4n) is 4.57. The second-order valence-electron chi connectivity index (χ2n) is 11.1. The number of amides is 1. The summed E-state index contributed by atoms with van der Waals surface area (Å²) in [6, 6.07) is 20.5. The van der Waals surface area contributed by atoms with Gasteiger partial charge in [-0.1, -0.05) is 48.9 Å². The minimum absolute atomic E-state index is 0.0459. The molecule has 0 aliphatic heterocycles. The highest BCUT2D eigenvalue weighted by molar-refractivity contribution is 6.31. The molecule has 3 aromatic carbocycles. The first kappa shape index (κ1) is 32.2. The molecule has 1 aromatic heterocycles. The number of nitrogens with one attached hydrogen (secondary N) is 1. The molecule has 0 radical (unpaired) electrons. The molecule has 1 unspecified atom stereocenters. The topological polar surface area (TPSA) is 117 Å². The lowest BCUT2D eigenvalue weighted by molar-refractivity contribution is -0.119. The van der Waals surface area contributed by atoms with Crippen molar-refractivity contribution in [2.45, 2.75) is 52.2 Å². The van der Waals surface area contributed by atoms with E-state index in [0.29, 0.717) is 27.4 Å². The van der Waals surface area contributed by atoms with Crippen molar-refractivity contribution in [2.24, 2.45) is 0 Å². The molecule has 44 heavy (non-hydrogen) atoms. The van der Waals surface area contributed by atoms with Gasteiger partial charge in [0.1, 0.15) is 11.6 Å². The molecule has 0 saturated carbocycles. The monoisotopic (exact) mass is 615 g/mol. The van der Waals surface area contributed by atoms with Gasteiger partial charge in [0.05, 0.1) is 18.2 Å². The smallest absolute Gasteiger partial charge is 0.338 e. The number of ether oxygens (including phenoxy) is 2. The molecule has 228 valence electrons. The van der Waals surface area contributed by atoms with Crippen LogP contribution < -0.4 is 15.6 Å². The van der Waals surface area contributed by atoms with Crippen LogP contribution in [0.5, 0.6) is 5.88 Å². The maximum atomic E-state index is 13.8.